The van der Waals surface area contributed by atoms with Crippen LogP contribution in [0.2, 0.25) is 0 Å². The molecule has 0 fully saturated rings. The van der Waals surface area contributed by atoms with Crippen molar-refractivity contribution in [3.8, 4) is 11.5 Å². The Morgan fingerprint density at radius 3 is 2.56 bits per heavy atom. The Labute approximate surface area is 189 Å². The van der Waals surface area contributed by atoms with Gasteiger partial charge in [-0.05, 0) is 52.2 Å². The van der Waals surface area contributed by atoms with E-state index in [-0.39, 0.29) is 18.0 Å². The zero-order valence-corrected chi connectivity index (χ0v) is 19.5. The maximum absolute atomic E-state index is 12.7. The average Bonchev–Trinajstić information content (AvgIpc) is 2.74. The molecule has 0 unspecified atom stereocenters. The van der Waals surface area contributed by atoms with Crippen LogP contribution in [0.25, 0.3) is 10.9 Å². The molecule has 7 nitrogen and oxygen atoms in total. The molecule has 0 bridgehead atoms. The molecule has 0 aliphatic heterocycles. The Morgan fingerprint density at radius 1 is 1.09 bits per heavy atom. The number of pyridine rings is 1. The van der Waals surface area contributed by atoms with Gasteiger partial charge in [0, 0.05) is 17.5 Å². The highest BCUT2D eigenvalue weighted by Crippen LogP contribution is 2.33. The third-order valence-corrected chi connectivity index (χ3v) is 5.11. The number of nitrogens with zero attached hydrogens (tertiary/aromatic N) is 1. The first-order valence-corrected chi connectivity index (χ1v) is 11.2. The Bertz CT molecular complexity index is 1030. The Hall–Kier alpha value is -3.09. The van der Waals surface area contributed by atoms with Crippen molar-refractivity contribution in [3.63, 3.8) is 0 Å². The fraction of sp³-hybridized carbons (Fsp3) is 0.480. The number of allylic oxidation sites excluding steroid dienone is 3. The maximum atomic E-state index is 12.7. The van der Waals surface area contributed by atoms with Crippen LogP contribution in [0.1, 0.15) is 66.2 Å². The van der Waals surface area contributed by atoms with Crippen molar-refractivity contribution in [3.05, 3.63) is 62.0 Å². The lowest BCUT2D eigenvalue weighted by Gasteiger charge is -2.14. The van der Waals surface area contributed by atoms with Gasteiger partial charge in [0.25, 0.3) is 11.2 Å². The molecule has 0 saturated heterocycles. The van der Waals surface area contributed by atoms with E-state index >= 15 is 0 Å². The van der Waals surface area contributed by atoms with Crippen molar-refractivity contribution in [1.82, 2.24) is 4.98 Å². The predicted octanol–water partition coefficient (Wildman–Crippen LogP) is 6.47. The van der Waals surface area contributed by atoms with Crippen molar-refractivity contribution in [2.24, 2.45) is 0 Å². The number of rotatable bonds is 13. The van der Waals surface area contributed by atoms with E-state index in [9.17, 15) is 14.9 Å². The average molecular weight is 443 g/mol. The zero-order valence-electron chi connectivity index (χ0n) is 19.5. The summed E-state index contributed by atoms with van der Waals surface area (Å²) < 4.78 is 11.8. The Kier molecular flexibility index (Phi) is 9.98. The quantitative estimate of drug-likeness (QED) is 0.166. The first-order valence-electron chi connectivity index (χ1n) is 11.2. The van der Waals surface area contributed by atoms with Gasteiger partial charge in [0.05, 0.1) is 17.0 Å². The molecule has 0 atom stereocenters. The lowest BCUT2D eigenvalue weighted by atomic mass is 10.1. The number of benzene rings is 1. The summed E-state index contributed by atoms with van der Waals surface area (Å²) in [6, 6.07) is 4.34. The molecule has 1 aromatic heterocycles. The monoisotopic (exact) mass is 442 g/mol. The molecule has 1 aromatic carbocycles. The third-order valence-electron chi connectivity index (χ3n) is 5.11. The second-order valence-corrected chi connectivity index (χ2v) is 8.19. The summed E-state index contributed by atoms with van der Waals surface area (Å²) >= 11 is 0. The topological polar surface area (TPSA) is 94.5 Å². The van der Waals surface area contributed by atoms with Gasteiger partial charge in [-0.25, -0.2) is 0 Å². The maximum Gasteiger partial charge on any atom is 0.294 e. The number of H-pyrrole nitrogens is 1. The fourth-order valence-electron chi connectivity index (χ4n) is 3.29. The predicted molar refractivity (Wildman–Crippen MR) is 129 cm³/mol. The first-order chi connectivity index (χ1) is 15.3. The van der Waals surface area contributed by atoms with Crippen molar-refractivity contribution >= 4 is 16.6 Å². The number of nitro groups is 1. The van der Waals surface area contributed by atoms with Gasteiger partial charge in [-0.15, -0.1) is 0 Å². The van der Waals surface area contributed by atoms with Crippen molar-refractivity contribution in [2.75, 3.05) is 13.2 Å². The van der Waals surface area contributed by atoms with E-state index in [1.54, 1.807) is 6.07 Å². The number of nitrogens with one attached hydrogen (secondary N) is 1. The van der Waals surface area contributed by atoms with Gasteiger partial charge in [0.2, 0.25) is 5.75 Å². The summed E-state index contributed by atoms with van der Waals surface area (Å²) in [5.74, 6) is 0.445. The van der Waals surface area contributed by atoms with Gasteiger partial charge in [-0.2, -0.15) is 0 Å². The zero-order chi connectivity index (χ0) is 23.5. The van der Waals surface area contributed by atoms with E-state index in [2.05, 4.69) is 31.8 Å². The van der Waals surface area contributed by atoms with Crippen LogP contribution in [0.4, 0.5) is 5.69 Å². The highest BCUT2D eigenvalue weighted by molar-refractivity contribution is 5.88. The van der Waals surface area contributed by atoms with E-state index in [1.807, 2.05) is 13.0 Å². The second-order valence-electron chi connectivity index (χ2n) is 8.19. The molecule has 2 rings (SSSR count). The van der Waals surface area contributed by atoms with Crippen LogP contribution in [0.5, 0.6) is 11.5 Å². The minimum atomic E-state index is -0.491. The van der Waals surface area contributed by atoms with Gasteiger partial charge < -0.3 is 14.5 Å². The van der Waals surface area contributed by atoms with Crippen molar-refractivity contribution in [2.45, 2.75) is 66.2 Å². The molecule has 0 spiro atoms. The molecule has 1 heterocycles. The molecule has 0 radical (unpaired) electrons. The van der Waals surface area contributed by atoms with Crippen LogP contribution >= 0.6 is 0 Å². The molecule has 7 heteroatoms. The number of fused-ring (bicyclic) bond motifs is 1. The van der Waals surface area contributed by atoms with E-state index in [0.717, 1.165) is 38.5 Å². The molecule has 0 aliphatic rings. The summed E-state index contributed by atoms with van der Waals surface area (Å²) in [4.78, 5) is 26.0. The van der Waals surface area contributed by atoms with E-state index in [4.69, 9.17) is 9.47 Å². The minimum Gasteiger partial charge on any atom is -0.485 e. The van der Waals surface area contributed by atoms with Crippen LogP contribution in [0.15, 0.2) is 46.3 Å². The largest absolute Gasteiger partial charge is 0.485 e. The molecule has 1 N–H and O–H groups in total. The lowest BCUT2D eigenvalue weighted by molar-refractivity contribution is -0.384. The number of aromatic nitrogens is 1. The molecule has 174 valence electrons. The second kappa shape index (κ2) is 12.7. The van der Waals surface area contributed by atoms with Crippen molar-refractivity contribution in [1.29, 1.82) is 0 Å². The lowest BCUT2D eigenvalue weighted by Crippen LogP contribution is -2.15. The Balaban J connectivity index is 2.28. The highest BCUT2D eigenvalue weighted by atomic mass is 16.6. The number of non-ortho nitro benzene ring substituents is 1. The van der Waals surface area contributed by atoms with Gasteiger partial charge in [0.1, 0.15) is 6.61 Å². The first kappa shape index (κ1) is 25.2. The van der Waals surface area contributed by atoms with Crippen LogP contribution in [-0.2, 0) is 0 Å². The number of nitro benzene ring substituents is 1. The summed E-state index contributed by atoms with van der Waals surface area (Å²) in [7, 11) is 0. The summed E-state index contributed by atoms with van der Waals surface area (Å²) in [5.41, 5.74) is 2.28. The van der Waals surface area contributed by atoms with Gasteiger partial charge in [-0.1, -0.05) is 43.4 Å². The summed E-state index contributed by atoms with van der Waals surface area (Å²) in [6.07, 6.45) is 10.2. The third kappa shape index (κ3) is 7.55. The summed E-state index contributed by atoms with van der Waals surface area (Å²) in [6.45, 7) is 9.03. The standard InChI is InChI=1S/C25H34N2O5/c1-5-6-7-8-15-31-24-23(32-16-14-19(4)11-9-10-18(2)3)21-13-12-20(27(29)30)17-22(21)26-25(24)28/h10,12-14,17H,5-9,11,15-16H2,1-4H3,(H,26,28). The number of unbranched alkanes of at least 4 members (excludes halogenated alkanes) is 3. The highest BCUT2D eigenvalue weighted by Gasteiger charge is 2.18. The van der Waals surface area contributed by atoms with Gasteiger partial charge in [-0.3, -0.25) is 14.9 Å². The smallest absolute Gasteiger partial charge is 0.294 e. The van der Waals surface area contributed by atoms with Gasteiger partial charge >= 0.3 is 0 Å². The number of ether oxygens (including phenoxy) is 2. The molecule has 0 amide bonds. The van der Waals surface area contributed by atoms with Crippen molar-refractivity contribution < 1.29 is 14.4 Å². The normalized spacial score (nSPS) is 11.4. The molecule has 0 saturated carbocycles. The van der Waals surface area contributed by atoms with E-state index in [1.165, 1.54) is 23.3 Å². The number of hydrogen-bond acceptors (Lipinski definition) is 5. The van der Waals surface area contributed by atoms with Crippen LogP contribution < -0.4 is 15.0 Å². The molecular formula is C25H34N2O5. The van der Waals surface area contributed by atoms with Crippen LogP contribution in [0, 0.1) is 10.1 Å². The van der Waals surface area contributed by atoms with Crippen LogP contribution in [-0.4, -0.2) is 23.1 Å². The molecule has 32 heavy (non-hydrogen) atoms. The Morgan fingerprint density at radius 2 is 1.88 bits per heavy atom. The summed E-state index contributed by atoms with van der Waals surface area (Å²) in [5, 5.41) is 11.7. The molecular weight excluding hydrogens is 408 g/mol. The number of hydrogen-bond donors (Lipinski definition) is 1. The number of aromatic amines is 1. The minimum absolute atomic E-state index is 0.0950. The van der Waals surface area contributed by atoms with E-state index < -0.39 is 10.5 Å². The van der Waals surface area contributed by atoms with E-state index in [0.29, 0.717) is 23.3 Å². The molecule has 2 aromatic rings. The molecule has 0 aliphatic carbocycles. The SMILES string of the molecule is CCCCCCOc1c(OCC=C(C)CCC=C(C)C)c2ccc([N+](=O)[O-])cc2[nH]c1=O. The fourth-order valence-corrected chi connectivity index (χ4v) is 3.29. The van der Waals surface area contributed by atoms with Crippen LogP contribution in [0.3, 0.4) is 0 Å². The van der Waals surface area contributed by atoms with Gasteiger partial charge in [0.15, 0.2) is 5.75 Å².